The highest BCUT2D eigenvalue weighted by atomic mass is 35.5. The van der Waals surface area contributed by atoms with Gasteiger partial charge in [-0.25, -0.2) is 4.79 Å². The average molecular weight is 500 g/mol. The highest BCUT2D eigenvalue weighted by Crippen LogP contribution is 2.31. The van der Waals surface area contributed by atoms with E-state index in [4.69, 9.17) is 37.4 Å². The summed E-state index contributed by atoms with van der Waals surface area (Å²) in [6.45, 7) is 2.14. The minimum Gasteiger partial charge on any atom is -0.493 e. The van der Waals surface area contributed by atoms with Crippen molar-refractivity contribution < 1.29 is 23.8 Å². The minimum absolute atomic E-state index is 0.173. The number of nitrogens with one attached hydrogen (secondary N) is 1. The number of anilines is 1. The highest BCUT2D eigenvalue weighted by Gasteiger charge is 2.13. The van der Waals surface area contributed by atoms with Crippen LogP contribution in [0.5, 0.6) is 11.5 Å². The zero-order valence-electron chi connectivity index (χ0n) is 18.6. The Morgan fingerprint density at radius 2 is 1.71 bits per heavy atom. The Hall–Kier alpha value is -3.48. The van der Waals surface area contributed by atoms with E-state index >= 15 is 0 Å². The van der Waals surface area contributed by atoms with Gasteiger partial charge in [0.1, 0.15) is 6.61 Å². The molecular formula is C26H23Cl2NO5. The van der Waals surface area contributed by atoms with Crippen molar-refractivity contribution in [3.05, 3.63) is 93.5 Å². The Kier molecular flexibility index (Phi) is 8.96. The molecule has 3 rings (SSSR count). The highest BCUT2D eigenvalue weighted by molar-refractivity contribution is 6.35. The topological polar surface area (TPSA) is 73.9 Å². The van der Waals surface area contributed by atoms with Gasteiger partial charge >= 0.3 is 5.97 Å². The maximum atomic E-state index is 12.4. The number of carbonyl (C=O) groups is 2. The lowest BCUT2D eigenvalue weighted by molar-refractivity contribution is -0.111. The summed E-state index contributed by atoms with van der Waals surface area (Å²) < 4.78 is 16.3. The molecular weight excluding hydrogens is 477 g/mol. The normalized spacial score (nSPS) is 10.7. The van der Waals surface area contributed by atoms with E-state index in [-0.39, 0.29) is 18.8 Å². The van der Waals surface area contributed by atoms with Crippen LogP contribution in [0.4, 0.5) is 5.69 Å². The van der Waals surface area contributed by atoms with Gasteiger partial charge in [-0.15, -0.1) is 0 Å². The van der Waals surface area contributed by atoms with Gasteiger partial charge in [0.2, 0.25) is 5.91 Å². The molecule has 8 heteroatoms. The van der Waals surface area contributed by atoms with Crippen molar-refractivity contribution in [3.8, 4) is 11.5 Å². The van der Waals surface area contributed by atoms with E-state index in [0.717, 1.165) is 0 Å². The van der Waals surface area contributed by atoms with Gasteiger partial charge < -0.3 is 19.5 Å². The maximum absolute atomic E-state index is 12.4. The molecule has 3 aromatic carbocycles. The molecule has 0 aliphatic carbocycles. The molecule has 3 aromatic rings. The summed E-state index contributed by atoms with van der Waals surface area (Å²) in [5.41, 5.74) is 2.05. The number of esters is 1. The summed E-state index contributed by atoms with van der Waals surface area (Å²) in [6.07, 6.45) is 2.99. The molecule has 0 saturated carbocycles. The van der Waals surface area contributed by atoms with Gasteiger partial charge in [0.25, 0.3) is 0 Å². The van der Waals surface area contributed by atoms with Crippen LogP contribution in [-0.2, 0) is 16.1 Å². The van der Waals surface area contributed by atoms with Crippen LogP contribution in [0, 0.1) is 0 Å². The number of ether oxygens (including phenoxy) is 3. The quantitative estimate of drug-likeness (QED) is 0.272. The van der Waals surface area contributed by atoms with Gasteiger partial charge in [0, 0.05) is 21.7 Å². The van der Waals surface area contributed by atoms with Crippen molar-refractivity contribution in [2.75, 3.05) is 19.0 Å². The molecule has 0 radical (unpaired) electrons. The van der Waals surface area contributed by atoms with Crippen molar-refractivity contribution in [1.29, 1.82) is 0 Å². The molecule has 0 aliphatic rings. The zero-order chi connectivity index (χ0) is 24.5. The second-order valence-corrected chi connectivity index (χ2v) is 7.80. The van der Waals surface area contributed by atoms with Gasteiger partial charge in [-0.05, 0) is 55.0 Å². The third kappa shape index (κ3) is 6.53. The standard InChI is InChI=1S/C26H23Cl2NO5/c1-3-33-26(31)18-7-4-5-10-22(18)29-25(30)14-12-17-11-13-23(24(15-17)32-2)34-16-19-20(27)8-6-9-21(19)28/h4-15H,3,16H2,1-2H3,(H,29,30). The summed E-state index contributed by atoms with van der Waals surface area (Å²) in [7, 11) is 1.52. The van der Waals surface area contributed by atoms with Crippen LogP contribution >= 0.6 is 23.2 Å². The number of halogens is 2. The molecule has 0 unspecified atom stereocenters. The van der Waals surface area contributed by atoms with E-state index in [1.165, 1.54) is 13.2 Å². The van der Waals surface area contributed by atoms with Crippen LogP contribution in [-0.4, -0.2) is 25.6 Å². The molecule has 176 valence electrons. The summed E-state index contributed by atoms with van der Waals surface area (Å²) in [5, 5.41) is 3.73. The molecule has 0 spiro atoms. The second kappa shape index (κ2) is 12.1. The number of rotatable bonds is 9. The maximum Gasteiger partial charge on any atom is 0.340 e. The number of para-hydroxylation sites is 1. The Balaban J connectivity index is 1.69. The number of hydrogen-bond acceptors (Lipinski definition) is 5. The third-order valence-electron chi connectivity index (χ3n) is 4.73. The number of hydrogen-bond donors (Lipinski definition) is 1. The molecule has 1 amide bonds. The third-order valence-corrected chi connectivity index (χ3v) is 5.44. The average Bonchev–Trinajstić information content (AvgIpc) is 2.83. The molecule has 0 aliphatic heterocycles. The van der Waals surface area contributed by atoms with E-state index in [2.05, 4.69) is 5.32 Å². The van der Waals surface area contributed by atoms with Gasteiger partial charge in [-0.1, -0.05) is 47.5 Å². The lowest BCUT2D eigenvalue weighted by Gasteiger charge is -2.13. The molecule has 0 saturated heterocycles. The molecule has 0 aromatic heterocycles. The predicted molar refractivity (Wildman–Crippen MR) is 134 cm³/mol. The molecule has 0 bridgehead atoms. The Morgan fingerprint density at radius 1 is 0.971 bits per heavy atom. The summed E-state index contributed by atoms with van der Waals surface area (Å²) in [5.74, 6) is 0.0898. The Morgan fingerprint density at radius 3 is 2.41 bits per heavy atom. The van der Waals surface area contributed by atoms with Gasteiger partial charge in [-0.3, -0.25) is 4.79 Å². The van der Waals surface area contributed by atoms with Crippen LogP contribution in [0.15, 0.2) is 66.7 Å². The molecule has 1 N–H and O–H groups in total. The van der Waals surface area contributed by atoms with Crippen molar-refractivity contribution in [3.63, 3.8) is 0 Å². The second-order valence-electron chi connectivity index (χ2n) is 6.99. The molecule has 6 nitrogen and oxygen atoms in total. The predicted octanol–water partition coefficient (Wildman–Crippen LogP) is 6.41. The van der Waals surface area contributed by atoms with Crippen LogP contribution in [0.1, 0.15) is 28.4 Å². The fourth-order valence-corrected chi connectivity index (χ4v) is 3.56. The fourth-order valence-electron chi connectivity index (χ4n) is 3.05. The van der Waals surface area contributed by atoms with E-state index in [0.29, 0.717) is 38.4 Å². The summed E-state index contributed by atoms with van der Waals surface area (Å²) in [6, 6.07) is 17.2. The van der Waals surface area contributed by atoms with Crippen LogP contribution < -0.4 is 14.8 Å². The first kappa shape index (κ1) is 25.1. The zero-order valence-corrected chi connectivity index (χ0v) is 20.2. The number of benzene rings is 3. The van der Waals surface area contributed by atoms with Crippen molar-refractivity contribution in [1.82, 2.24) is 0 Å². The minimum atomic E-state index is -0.499. The number of methoxy groups -OCH3 is 1. The SMILES string of the molecule is CCOC(=O)c1ccccc1NC(=O)C=Cc1ccc(OCc2c(Cl)cccc2Cl)c(OC)c1. The number of amides is 1. The largest absolute Gasteiger partial charge is 0.493 e. The van der Waals surface area contributed by atoms with E-state index < -0.39 is 11.9 Å². The first-order chi connectivity index (χ1) is 16.4. The number of carbonyl (C=O) groups excluding carboxylic acids is 2. The molecule has 34 heavy (non-hydrogen) atoms. The first-order valence-electron chi connectivity index (χ1n) is 10.4. The Labute approximate surface area is 208 Å². The van der Waals surface area contributed by atoms with Crippen LogP contribution in [0.3, 0.4) is 0 Å². The van der Waals surface area contributed by atoms with Gasteiger partial charge in [-0.2, -0.15) is 0 Å². The van der Waals surface area contributed by atoms with Crippen LogP contribution in [0.2, 0.25) is 10.0 Å². The fraction of sp³-hybridized carbons (Fsp3) is 0.154. The molecule has 0 atom stereocenters. The van der Waals surface area contributed by atoms with Crippen molar-refractivity contribution in [2.24, 2.45) is 0 Å². The van der Waals surface area contributed by atoms with Crippen molar-refractivity contribution in [2.45, 2.75) is 13.5 Å². The summed E-state index contributed by atoms with van der Waals surface area (Å²) in [4.78, 5) is 24.5. The first-order valence-corrected chi connectivity index (χ1v) is 11.2. The monoisotopic (exact) mass is 499 g/mol. The Bertz CT molecular complexity index is 1190. The van der Waals surface area contributed by atoms with E-state index in [1.54, 1.807) is 73.7 Å². The van der Waals surface area contributed by atoms with E-state index in [1.807, 2.05) is 0 Å². The van der Waals surface area contributed by atoms with Gasteiger partial charge in [0.15, 0.2) is 11.5 Å². The molecule has 0 fully saturated rings. The van der Waals surface area contributed by atoms with E-state index in [9.17, 15) is 9.59 Å². The lowest BCUT2D eigenvalue weighted by Crippen LogP contribution is -2.13. The van der Waals surface area contributed by atoms with Crippen molar-refractivity contribution >= 4 is 46.8 Å². The van der Waals surface area contributed by atoms with Gasteiger partial charge in [0.05, 0.1) is 25.0 Å². The smallest absolute Gasteiger partial charge is 0.340 e. The molecule has 0 heterocycles. The van der Waals surface area contributed by atoms with Crippen LogP contribution in [0.25, 0.3) is 6.08 Å². The lowest BCUT2D eigenvalue weighted by atomic mass is 10.1. The summed E-state index contributed by atoms with van der Waals surface area (Å²) >= 11 is 12.4.